The first kappa shape index (κ1) is 18.3. The van der Waals surface area contributed by atoms with Gasteiger partial charge in [0.25, 0.3) is 5.56 Å². The highest BCUT2D eigenvalue weighted by Crippen LogP contribution is 2.32. The van der Waals surface area contributed by atoms with Crippen LogP contribution in [0.25, 0.3) is 0 Å². The van der Waals surface area contributed by atoms with Crippen molar-refractivity contribution in [3.05, 3.63) is 27.0 Å². The maximum Gasteiger partial charge on any atom is 0.325 e. The zero-order valence-corrected chi connectivity index (χ0v) is 15.5. The lowest BCUT2D eigenvalue weighted by molar-refractivity contribution is 0.150. The van der Waals surface area contributed by atoms with Crippen LogP contribution in [-0.2, 0) is 10.0 Å². The molecule has 3 rings (SSSR count). The highest BCUT2D eigenvalue weighted by Gasteiger charge is 2.36. The number of hydrogen-bond acceptors (Lipinski definition) is 5. The molecule has 1 saturated heterocycles. The highest BCUT2D eigenvalue weighted by atomic mass is 32.2. The minimum atomic E-state index is -3.94. The Morgan fingerprint density at radius 1 is 1.24 bits per heavy atom. The van der Waals surface area contributed by atoms with E-state index in [0.29, 0.717) is 19.0 Å². The number of aromatic nitrogens is 2. The number of aromatic amines is 2. The van der Waals surface area contributed by atoms with E-state index in [-0.39, 0.29) is 6.04 Å². The predicted molar refractivity (Wildman–Crippen MR) is 94.0 cm³/mol. The van der Waals surface area contributed by atoms with Gasteiger partial charge in [-0.3, -0.25) is 14.7 Å². The molecule has 8 nitrogen and oxygen atoms in total. The summed E-state index contributed by atoms with van der Waals surface area (Å²) >= 11 is 0. The van der Waals surface area contributed by atoms with Crippen molar-refractivity contribution in [3.63, 3.8) is 0 Å². The molecule has 2 heterocycles. The van der Waals surface area contributed by atoms with Crippen LogP contribution in [0.1, 0.15) is 33.1 Å². The van der Waals surface area contributed by atoms with Crippen LogP contribution in [0.5, 0.6) is 0 Å². The number of H-pyrrole nitrogens is 2. The Hall–Kier alpha value is -1.45. The zero-order valence-electron chi connectivity index (χ0n) is 14.7. The van der Waals surface area contributed by atoms with Crippen LogP contribution in [0, 0.1) is 11.8 Å². The van der Waals surface area contributed by atoms with Gasteiger partial charge in [0.1, 0.15) is 0 Å². The van der Waals surface area contributed by atoms with Gasteiger partial charge in [-0.05, 0) is 37.6 Å². The van der Waals surface area contributed by atoms with E-state index in [9.17, 15) is 18.0 Å². The Bertz CT molecular complexity index is 825. The summed E-state index contributed by atoms with van der Waals surface area (Å²) in [6.45, 7) is 6.85. The van der Waals surface area contributed by atoms with Gasteiger partial charge in [-0.25, -0.2) is 13.2 Å². The van der Waals surface area contributed by atoms with Crippen LogP contribution < -0.4 is 11.2 Å². The highest BCUT2D eigenvalue weighted by molar-refractivity contribution is 7.89. The largest absolute Gasteiger partial charge is 0.325 e. The van der Waals surface area contributed by atoms with E-state index in [1.54, 1.807) is 0 Å². The first-order valence-corrected chi connectivity index (χ1v) is 10.3. The number of sulfonamides is 1. The van der Waals surface area contributed by atoms with Crippen molar-refractivity contribution in [1.29, 1.82) is 0 Å². The normalized spacial score (nSPS) is 23.7. The lowest BCUT2D eigenvalue weighted by Gasteiger charge is -2.34. The van der Waals surface area contributed by atoms with Crippen LogP contribution in [0.15, 0.2) is 20.7 Å². The lowest BCUT2D eigenvalue weighted by Crippen LogP contribution is -2.47. The topological polar surface area (TPSA) is 106 Å². The molecule has 1 saturated carbocycles. The van der Waals surface area contributed by atoms with E-state index in [4.69, 9.17) is 0 Å². The molecular weight excluding hydrogens is 344 g/mol. The van der Waals surface area contributed by atoms with E-state index >= 15 is 0 Å². The molecule has 1 aliphatic carbocycles. The quantitative estimate of drug-likeness (QED) is 0.770. The standard InChI is InChI=1S/C16H26N4O4S/c1-11(2)13-10-20(7-3-6-19(13)9-12-4-5-12)25(23,24)14-8-17-16(22)18-15(14)21/h8,11-13H,3-7,9-10H2,1-2H3,(H2,17,18,21,22). The average molecular weight is 370 g/mol. The Morgan fingerprint density at radius 3 is 2.56 bits per heavy atom. The van der Waals surface area contributed by atoms with Gasteiger partial charge in [-0.15, -0.1) is 0 Å². The molecule has 0 amide bonds. The summed E-state index contributed by atoms with van der Waals surface area (Å²) in [7, 11) is -3.94. The maximum atomic E-state index is 12.9. The molecule has 140 valence electrons. The molecule has 2 aliphatic rings. The van der Waals surface area contributed by atoms with Crippen LogP contribution in [-0.4, -0.2) is 59.8 Å². The van der Waals surface area contributed by atoms with E-state index in [2.05, 4.69) is 23.7 Å². The van der Waals surface area contributed by atoms with Crippen LogP contribution >= 0.6 is 0 Å². The molecule has 25 heavy (non-hydrogen) atoms. The Morgan fingerprint density at radius 2 is 1.96 bits per heavy atom. The van der Waals surface area contributed by atoms with Crippen molar-refractivity contribution in [2.24, 2.45) is 11.8 Å². The average Bonchev–Trinajstić information content (AvgIpc) is 3.34. The SMILES string of the molecule is CC(C)C1CN(S(=O)(=O)c2c[nH]c(=O)[nH]c2=O)CCCN1CC1CC1. The van der Waals surface area contributed by atoms with E-state index in [1.165, 1.54) is 17.1 Å². The molecule has 2 N–H and O–H groups in total. The third-order valence-electron chi connectivity index (χ3n) is 5.07. The molecule has 2 fully saturated rings. The summed E-state index contributed by atoms with van der Waals surface area (Å²) in [5.74, 6) is 1.05. The fourth-order valence-electron chi connectivity index (χ4n) is 3.47. The molecule has 9 heteroatoms. The maximum absolute atomic E-state index is 12.9. The molecule has 0 aromatic carbocycles. The van der Waals surface area contributed by atoms with Gasteiger partial charge < -0.3 is 4.98 Å². The van der Waals surface area contributed by atoms with Gasteiger partial charge in [0.05, 0.1) is 0 Å². The third-order valence-corrected chi connectivity index (χ3v) is 6.95. The van der Waals surface area contributed by atoms with Crippen LogP contribution in [0.2, 0.25) is 0 Å². The predicted octanol–water partition coefficient (Wildman–Crippen LogP) is 0.194. The fraction of sp³-hybridized carbons (Fsp3) is 0.750. The first-order valence-electron chi connectivity index (χ1n) is 8.85. The van der Waals surface area contributed by atoms with Crippen molar-refractivity contribution in [2.45, 2.75) is 44.0 Å². The van der Waals surface area contributed by atoms with Crippen LogP contribution in [0.3, 0.4) is 0 Å². The first-order chi connectivity index (χ1) is 11.8. The van der Waals surface area contributed by atoms with Gasteiger partial charge in [0, 0.05) is 31.9 Å². The molecule has 1 aromatic rings. The molecule has 1 unspecified atom stereocenters. The van der Waals surface area contributed by atoms with Gasteiger partial charge in [0.2, 0.25) is 10.0 Å². The van der Waals surface area contributed by atoms with Crippen molar-refractivity contribution < 1.29 is 8.42 Å². The molecule has 1 aromatic heterocycles. The second-order valence-corrected chi connectivity index (χ2v) is 9.31. The monoisotopic (exact) mass is 370 g/mol. The molecule has 1 atom stereocenters. The van der Waals surface area contributed by atoms with Gasteiger partial charge >= 0.3 is 5.69 Å². The summed E-state index contributed by atoms with van der Waals surface area (Å²) in [6, 6.07) is 0.125. The van der Waals surface area contributed by atoms with Gasteiger partial charge in [-0.2, -0.15) is 4.31 Å². The fourth-order valence-corrected chi connectivity index (χ4v) is 4.96. The summed E-state index contributed by atoms with van der Waals surface area (Å²) < 4.78 is 27.3. The van der Waals surface area contributed by atoms with Crippen molar-refractivity contribution in [3.8, 4) is 0 Å². The smallest absolute Gasteiger partial charge is 0.313 e. The van der Waals surface area contributed by atoms with Gasteiger partial charge in [0.15, 0.2) is 4.90 Å². The summed E-state index contributed by atoms with van der Waals surface area (Å²) in [4.78, 5) is 29.4. The minimum absolute atomic E-state index is 0.125. The van der Waals surface area contributed by atoms with Crippen LogP contribution in [0.4, 0.5) is 0 Å². The molecule has 0 bridgehead atoms. The third kappa shape index (κ3) is 4.04. The second kappa shape index (κ2) is 7.05. The molecule has 0 radical (unpaired) electrons. The second-order valence-electron chi connectivity index (χ2n) is 7.40. The van der Waals surface area contributed by atoms with E-state index < -0.39 is 26.2 Å². The zero-order chi connectivity index (χ0) is 18.2. The number of rotatable bonds is 5. The Kier molecular flexibility index (Phi) is 5.17. The van der Waals surface area contributed by atoms with Crippen molar-refractivity contribution in [1.82, 2.24) is 19.2 Å². The molecule has 1 aliphatic heterocycles. The van der Waals surface area contributed by atoms with Gasteiger partial charge in [-0.1, -0.05) is 13.8 Å². The van der Waals surface area contributed by atoms with E-state index in [0.717, 1.165) is 31.6 Å². The minimum Gasteiger partial charge on any atom is -0.313 e. The van der Waals surface area contributed by atoms with E-state index in [1.807, 2.05) is 4.98 Å². The summed E-state index contributed by atoms with van der Waals surface area (Å²) in [5.41, 5.74) is -1.58. The Balaban J connectivity index is 1.87. The number of nitrogens with one attached hydrogen (secondary N) is 2. The van der Waals surface area contributed by atoms with Crippen molar-refractivity contribution >= 4 is 10.0 Å². The molecule has 0 spiro atoms. The summed E-state index contributed by atoms with van der Waals surface area (Å²) in [6.07, 6.45) is 4.25. The van der Waals surface area contributed by atoms with Crippen molar-refractivity contribution in [2.75, 3.05) is 26.2 Å². The molecular formula is C16H26N4O4S. The lowest BCUT2D eigenvalue weighted by atomic mass is 10.0. The number of nitrogens with zero attached hydrogens (tertiary/aromatic N) is 2. The Labute approximate surface area is 147 Å². The summed E-state index contributed by atoms with van der Waals surface area (Å²) in [5, 5.41) is 0. The number of hydrogen-bond donors (Lipinski definition) is 2.